The van der Waals surface area contributed by atoms with Gasteiger partial charge >= 0.3 is 0 Å². The highest BCUT2D eigenvalue weighted by Gasteiger charge is 2.83. The number of carbonyl (C=O) groups is 1. The molecule has 9 atom stereocenters. The van der Waals surface area contributed by atoms with E-state index < -0.39 is 0 Å². The molecule has 0 aromatic rings. The predicted molar refractivity (Wildman–Crippen MR) is 136 cm³/mol. The first-order valence-electron chi connectivity index (χ1n) is 14.2. The SMILES string of the molecule is CC1(C)C2CCC(C)(C3(C)CCC4CC3(C3(C)CCC5CC3C5(C)C)C4(C)C)C1C2.O=CO. The molecule has 6 bridgehead atoms. The summed E-state index contributed by atoms with van der Waals surface area (Å²) < 4.78 is 0. The van der Waals surface area contributed by atoms with Crippen LogP contribution >= 0.6 is 0 Å². The van der Waals surface area contributed by atoms with Gasteiger partial charge in [0.05, 0.1) is 0 Å². The van der Waals surface area contributed by atoms with Crippen LogP contribution in [0.2, 0.25) is 0 Å². The van der Waals surface area contributed by atoms with Crippen LogP contribution < -0.4 is 0 Å². The zero-order valence-electron chi connectivity index (χ0n) is 23.2. The molecule has 33 heavy (non-hydrogen) atoms. The van der Waals surface area contributed by atoms with Gasteiger partial charge in [-0.3, -0.25) is 4.79 Å². The number of hydrogen-bond acceptors (Lipinski definition) is 1. The molecule has 0 spiro atoms. The molecule has 9 unspecified atom stereocenters. The van der Waals surface area contributed by atoms with Crippen LogP contribution in [0.25, 0.3) is 0 Å². The molecule has 0 aromatic carbocycles. The average Bonchev–Trinajstić information content (AvgIpc) is 2.73. The summed E-state index contributed by atoms with van der Waals surface area (Å²) in [5, 5.41) is 6.89. The maximum atomic E-state index is 8.36. The van der Waals surface area contributed by atoms with Crippen LogP contribution in [0.5, 0.6) is 0 Å². The second kappa shape index (κ2) is 6.61. The minimum absolute atomic E-state index is 0.250. The van der Waals surface area contributed by atoms with E-state index in [1.165, 1.54) is 51.4 Å². The number of carboxylic acid groups (broad SMARTS) is 1. The Morgan fingerprint density at radius 3 is 1.52 bits per heavy atom. The van der Waals surface area contributed by atoms with Gasteiger partial charge in [0.15, 0.2) is 0 Å². The number of fused-ring (bicyclic) bond motifs is 7. The minimum Gasteiger partial charge on any atom is -0.483 e. The van der Waals surface area contributed by atoms with E-state index in [4.69, 9.17) is 9.90 Å². The van der Waals surface area contributed by atoms with Crippen molar-refractivity contribution in [1.82, 2.24) is 0 Å². The molecule has 9 saturated carbocycles. The summed E-state index contributed by atoms with van der Waals surface area (Å²) in [6.45, 7) is 24.3. The fourth-order valence-corrected chi connectivity index (χ4v) is 13.2. The van der Waals surface area contributed by atoms with Crippen LogP contribution in [0.4, 0.5) is 0 Å². The lowest BCUT2D eigenvalue weighted by atomic mass is 9.17. The van der Waals surface area contributed by atoms with E-state index in [2.05, 4.69) is 62.3 Å². The molecule has 9 aliphatic carbocycles. The van der Waals surface area contributed by atoms with E-state index >= 15 is 0 Å². The third kappa shape index (κ3) is 2.32. The fourth-order valence-electron chi connectivity index (χ4n) is 13.2. The molecule has 0 heterocycles. The summed E-state index contributed by atoms with van der Waals surface area (Å²) in [6, 6.07) is 0. The molecule has 0 aromatic heterocycles. The molecular weight excluding hydrogens is 404 g/mol. The molecule has 9 fully saturated rings. The molecule has 9 rings (SSSR count). The fraction of sp³-hybridized carbons (Fsp3) is 0.968. The van der Waals surface area contributed by atoms with Crippen molar-refractivity contribution in [3.8, 4) is 0 Å². The second-order valence-electron chi connectivity index (χ2n) is 16.0. The molecular formula is C31H52O2. The lowest BCUT2D eigenvalue weighted by Gasteiger charge is -2.87. The summed E-state index contributed by atoms with van der Waals surface area (Å²) >= 11 is 0. The van der Waals surface area contributed by atoms with Crippen molar-refractivity contribution < 1.29 is 9.90 Å². The van der Waals surface area contributed by atoms with Gasteiger partial charge in [-0.25, -0.2) is 0 Å². The summed E-state index contributed by atoms with van der Waals surface area (Å²) in [6.07, 6.45) is 13.7. The van der Waals surface area contributed by atoms with Crippen molar-refractivity contribution in [1.29, 1.82) is 0 Å². The van der Waals surface area contributed by atoms with Gasteiger partial charge in [0, 0.05) is 0 Å². The van der Waals surface area contributed by atoms with E-state index in [1.807, 2.05) is 0 Å². The van der Waals surface area contributed by atoms with E-state index in [-0.39, 0.29) is 6.47 Å². The van der Waals surface area contributed by atoms with Crippen LogP contribution in [-0.2, 0) is 4.79 Å². The zero-order chi connectivity index (χ0) is 24.5. The highest BCUT2D eigenvalue weighted by Crippen LogP contribution is 2.89. The quantitative estimate of drug-likeness (QED) is 0.423. The van der Waals surface area contributed by atoms with Gasteiger partial charge in [-0.05, 0) is 125 Å². The van der Waals surface area contributed by atoms with Crippen molar-refractivity contribution in [2.45, 2.75) is 120 Å². The van der Waals surface area contributed by atoms with E-state index in [1.54, 1.807) is 6.42 Å². The van der Waals surface area contributed by atoms with Gasteiger partial charge < -0.3 is 5.11 Å². The summed E-state index contributed by atoms with van der Waals surface area (Å²) in [7, 11) is 0. The second-order valence-corrected chi connectivity index (χ2v) is 16.0. The van der Waals surface area contributed by atoms with Crippen LogP contribution in [0.1, 0.15) is 120 Å². The van der Waals surface area contributed by atoms with E-state index in [0.29, 0.717) is 37.9 Å². The Bertz CT molecular complexity index is 836. The van der Waals surface area contributed by atoms with E-state index in [0.717, 1.165) is 29.6 Å². The Balaban J connectivity index is 0.000000724. The standard InChI is InChI=1S/C30H50.CH2O2/c1-24(2)19-10-13-27(7,22(24)16-19)29(9)15-12-21-18-30(29,26(21,5)6)28(8)14-11-20-17-23(28)25(20,3)4;2-1-3/h19-23H,10-18H2,1-9H3;1H,(H,2,3). The third-order valence-electron chi connectivity index (χ3n) is 15.3. The van der Waals surface area contributed by atoms with Crippen LogP contribution in [0, 0.1) is 67.5 Å². The number of rotatable bonds is 2. The van der Waals surface area contributed by atoms with Crippen molar-refractivity contribution in [2.24, 2.45) is 67.5 Å². The summed E-state index contributed by atoms with van der Waals surface area (Å²) in [5.41, 5.74) is 3.78. The summed E-state index contributed by atoms with van der Waals surface area (Å²) in [4.78, 5) is 8.36. The first kappa shape index (κ1) is 24.2. The Hall–Kier alpha value is -0.530. The van der Waals surface area contributed by atoms with Crippen LogP contribution in [0.15, 0.2) is 0 Å². The molecule has 2 nitrogen and oxygen atoms in total. The van der Waals surface area contributed by atoms with Gasteiger partial charge in [0.25, 0.3) is 6.47 Å². The summed E-state index contributed by atoms with van der Waals surface area (Å²) in [5.74, 6) is 4.91. The van der Waals surface area contributed by atoms with Crippen molar-refractivity contribution >= 4 is 6.47 Å². The normalized spacial score (nSPS) is 56.1. The third-order valence-corrected chi connectivity index (χ3v) is 15.3. The lowest BCUT2D eigenvalue weighted by Crippen LogP contribution is -2.80. The first-order chi connectivity index (χ1) is 15.1. The van der Waals surface area contributed by atoms with Crippen molar-refractivity contribution in [3.05, 3.63) is 0 Å². The number of hydrogen-bond donors (Lipinski definition) is 1. The molecule has 0 aliphatic heterocycles. The monoisotopic (exact) mass is 456 g/mol. The largest absolute Gasteiger partial charge is 0.483 e. The zero-order valence-corrected chi connectivity index (χ0v) is 23.2. The van der Waals surface area contributed by atoms with Gasteiger partial charge in [0.1, 0.15) is 0 Å². The predicted octanol–water partition coefficient (Wildman–Crippen LogP) is 8.44. The Morgan fingerprint density at radius 2 is 1.09 bits per heavy atom. The topological polar surface area (TPSA) is 37.3 Å². The maximum Gasteiger partial charge on any atom is 0.290 e. The van der Waals surface area contributed by atoms with Gasteiger partial charge in [-0.1, -0.05) is 62.3 Å². The highest BCUT2D eigenvalue weighted by atomic mass is 16.3. The van der Waals surface area contributed by atoms with E-state index in [9.17, 15) is 0 Å². The average molecular weight is 457 g/mol. The Kier molecular flexibility index (Phi) is 4.84. The Labute approximate surface area is 204 Å². The molecule has 0 amide bonds. The lowest BCUT2D eigenvalue weighted by molar-refractivity contribution is -0.387. The van der Waals surface area contributed by atoms with Crippen LogP contribution in [0.3, 0.4) is 0 Å². The molecule has 0 saturated heterocycles. The highest BCUT2D eigenvalue weighted by molar-refractivity contribution is 5.33. The molecule has 0 radical (unpaired) electrons. The molecule has 1 N–H and O–H groups in total. The Morgan fingerprint density at radius 1 is 0.667 bits per heavy atom. The van der Waals surface area contributed by atoms with Gasteiger partial charge in [-0.15, -0.1) is 0 Å². The first-order valence-corrected chi connectivity index (χ1v) is 14.2. The van der Waals surface area contributed by atoms with Gasteiger partial charge in [-0.2, -0.15) is 0 Å². The van der Waals surface area contributed by atoms with Crippen molar-refractivity contribution in [2.75, 3.05) is 0 Å². The molecule has 188 valence electrons. The maximum absolute atomic E-state index is 8.36. The van der Waals surface area contributed by atoms with Crippen LogP contribution in [-0.4, -0.2) is 11.6 Å². The smallest absolute Gasteiger partial charge is 0.290 e. The minimum atomic E-state index is -0.250. The molecule has 2 heteroatoms. The molecule has 9 aliphatic rings. The van der Waals surface area contributed by atoms with Crippen molar-refractivity contribution in [3.63, 3.8) is 0 Å². The van der Waals surface area contributed by atoms with Gasteiger partial charge in [0.2, 0.25) is 0 Å².